The number of aromatic nitrogens is 4. The van der Waals surface area contributed by atoms with E-state index in [-0.39, 0.29) is 11.0 Å². The monoisotopic (exact) mass is 488 g/mol. The summed E-state index contributed by atoms with van der Waals surface area (Å²) in [6.45, 7) is 7.93. The fourth-order valence-corrected chi connectivity index (χ4v) is 5.78. The number of pyridine rings is 1. The van der Waals surface area contributed by atoms with Crippen LogP contribution in [0.2, 0.25) is 0 Å². The van der Waals surface area contributed by atoms with Gasteiger partial charge in [-0.15, -0.1) is 0 Å². The molecule has 0 N–H and O–H groups in total. The molecule has 0 radical (unpaired) electrons. The quantitative estimate of drug-likeness (QED) is 0.316. The first kappa shape index (κ1) is 23.1. The highest BCUT2D eigenvalue weighted by Crippen LogP contribution is 2.36. The Balaban J connectivity index is 1.70. The van der Waals surface area contributed by atoms with E-state index >= 15 is 0 Å². The van der Waals surface area contributed by atoms with Crippen LogP contribution < -0.4 is 4.74 Å². The van der Waals surface area contributed by atoms with Crippen molar-refractivity contribution in [1.82, 2.24) is 18.7 Å². The first-order valence-electron chi connectivity index (χ1n) is 11.7. The zero-order chi connectivity index (χ0) is 24.9. The van der Waals surface area contributed by atoms with Gasteiger partial charge in [0.25, 0.3) is 10.0 Å². The maximum absolute atomic E-state index is 13.5. The highest BCUT2D eigenvalue weighted by molar-refractivity contribution is 7.90. The molecule has 0 amide bonds. The summed E-state index contributed by atoms with van der Waals surface area (Å²) in [6.07, 6.45) is 4.17. The maximum atomic E-state index is 13.5. The lowest BCUT2D eigenvalue weighted by Crippen LogP contribution is -2.12. The maximum Gasteiger partial charge on any atom is 0.269 e. The second-order valence-corrected chi connectivity index (χ2v) is 10.8. The topological polar surface area (TPSA) is 79.0 Å². The molecule has 0 atom stereocenters. The van der Waals surface area contributed by atoms with Crippen LogP contribution >= 0.6 is 0 Å². The summed E-state index contributed by atoms with van der Waals surface area (Å²) in [7, 11) is -1.92. The predicted molar refractivity (Wildman–Crippen MR) is 138 cm³/mol. The van der Waals surface area contributed by atoms with E-state index in [1.165, 1.54) is 3.97 Å². The lowest BCUT2D eigenvalue weighted by Gasteiger charge is -2.09. The van der Waals surface area contributed by atoms with Crippen LogP contribution in [0.4, 0.5) is 0 Å². The number of benzene rings is 2. The zero-order valence-electron chi connectivity index (χ0n) is 20.5. The van der Waals surface area contributed by atoms with E-state index in [9.17, 15) is 8.42 Å². The molecule has 35 heavy (non-hydrogen) atoms. The summed E-state index contributed by atoms with van der Waals surface area (Å²) < 4.78 is 35.9. The van der Waals surface area contributed by atoms with E-state index in [2.05, 4.69) is 4.98 Å². The Kier molecular flexibility index (Phi) is 5.63. The Labute approximate surface area is 205 Å². The molecular formula is C27H28N4O3S. The molecule has 0 saturated heterocycles. The van der Waals surface area contributed by atoms with Crippen molar-refractivity contribution >= 4 is 32.0 Å². The van der Waals surface area contributed by atoms with E-state index < -0.39 is 10.0 Å². The SMILES string of the molecule is CCc1cn(S(=O)(=O)c2ccc(C)cc2)c2ncc3c(-c4ccc(OC(C)C)cc4)nn(C)c3c12. The molecule has 8 heteroatoms. The molecule has 0 fully saturated rings. The Morgan fingerprint density at radius 3 is 2.34 bits per heavy atom. The minimum absolute atomic E-state index is 0.0988. The molecule has 0 aliphatic heterocycles. The molecule has 3 aromatic heterocycles. The first-order valence-corrected chi connectivity index (χ1v) is 13.1. The van der Waals surface area contributed by atoms with Crippen molar-refractivity contribution in [1.29, 1.82) is 0 Å². The molecule has 7 nitrogen and oxygen atoms in total. The van der Waals surface area contributed by atoms with Gasteiger partial charge in [0.1, 0.15) is 11.4 Å². The molecule has 0 saturated carbocycles. The number of hydrogen-bond donors (Lipinski definition) is 0. The molecule has 0 spiro atoms. The third kappa shape index (κ3) is 3.87. The highest BCUT2D eigenvalue weighted by atomic mass is 32.2. The lowest BCUT2D eigenvalue weighted by atomic mass is 10.1. The zero-order valence-corrected chi connectivity index (χ0v) is 21.3. The smallest absolute Gasteiger partial charge is 0.269 e. The molecule has 3 heterocycles. The molecule has 5 aromatic rings. The van der Waals surface area contributed by atoms with Gasteiger partial charge in [0, 0.05) is 35.8 Å². The first-order chi connectivity index (χ1) is 16.7. The summed E-state index contributed by atoms with van der Waals surface area (Å²) in [5.41, 5.74) is 4.92. The summed E-state index contributed by atoms with van der Waals surface area (Å²) in [5.74, 6) is 0.802. The molecule has 0 aliphatic rings. The van der Waals surface area contributed by atoms with Gasteiger partial charge >= 0.3 is 0 Å². The van der Waals surface area contributed by atoms with E-state index in [0.29, 0.717) is 12.1 Å². The van der Waals surface area contributed by atoms with Gasteiger partial charge in [0.2, 0.25) is 0 Å². The van der Waals surface area contributed by atoms with E-state index in [4.69, 9.17) is 9.84 Å². The van der Waals surface area contributed by atoms with Crippen LogP contribution in [0.15, 0.2) is 65.8 Å². The second kappa shape index (κ2) is 8.53. The summed E-state index contributed by atoms with van der Waals surface area (Å²) >= 11 is 0. The van der Waals surface area contributed by atoms with Crippen molar-refractivity contribution in [3.63, 3.8) is 0 Å². The molecule has 2 aromatic carbocycles. The average Bonchev–Trinajstić information content (AvgIpc) is 3.37. The number of nitrogens with zero attached hydrogens (tertiary/aromatic N) is 4. The number of aryl methyl sites for hydroxylation is 3. The molecule has 180 valence electrons. The Hall–Kier alpha value is -3.65. The number of rotatable bonds is 6. The van der Waals surface area contributed by atoms with Crippen LogP contribution in [0, 0.1) is 6.92 Å². The van der Waals surface area contributed by atoms with Crippen molar-refractivity contribution < 1.29 is 13.2 Å². The molecule has 0 bridgehead atoms. The van der Waals surface area contributed by atoms with Gasteiger partial charge in [0.05, 0.1) is 16.5 Å². The Bertz CT molecular complexity index is 1650. The van der Waals surface area contributed by atoms with Crippen LogP contribution in [0.1, 0.15) is 31.9 Å². The van der Waals surface area contributed by atoms with Gasteiger partial charge in [-0.2, -0.15) is 5.10 Å². The highest BCUT2D eigenvalue weighted by Gasteiger charge is 2.25. The average molecular weight is 489 g/mol. The van der Waals surface area contributed by atoms with Gasteiger partial charge in [-0.1, -0.05) is 24.6 Å². The summed E-state index contributed by atoms with van der Waals surface area (Å²) in [6, 6.07) is 14.7. The molecule has 0 aliphatic carbocycles. The fraction of sp³-hybridized carbons (Fsp3) is 0.259. The van der Waals surface area contributed by atoms with Gasteiger partial charge in [-0.25, -0.2) is 17.4 Å². The van der Waals surface area contributed by atoms with Crippen molar-refractivity contribution in [2.75, 3.05) is 0 Å². The van der Waals surface area contributed by atoms with Gasteiger partial charge in [-0.05, 0) is 69.2 Å². The fourth-order valence-electron chi connectivity index (χ4n) is 4.44. The minimum atomic E-state index is -3.80. The van der Waals surface area contributed by atoms with Crippen LogP contribution in [0.25, 0.3) is 33.2 Å². The Morgan fingerprint density at radius 1 is 1.03 bits per heavy atom. The van der Waals surface area contributed by atoms with Crippen molar-refractivity contribution in [2.24, 2.45) is 7.05 Å². The van der Waals surface area contributed by atoms with E-state index in [1.807, 2.05) is 63.7 Å². The third-order valence-corrected chi connectivity index (χ3v) is 7.79. The van der Waals surface area contributed by atoms with E-state index in [1.54, 1.807) is 36.7 Å². The second-order valence-electron chi connectivity index (χ2n) is 9.00. The van der Waals surface area contributed by atoms with E-state index in [0.717, 1.165) is 44.4 Å². The normalized spacial score (nSPS) is 12.2. The number of hydrogen-bond acceptors (Lipinski definition) is 5. The third-order valence-electron chi connectivity index (χ3n) is 6.12. The van der Waals surface area contributed by atoms with Gasteiger partial charge < -0.3 is 4.74 Å². The molecule has 0 unspecified atom stereocenters. The van der Waals surface area contributed by atoms with Crippen LogP contribution in [-0.2, 0) is 23.5 Å². The van der Waals surface area contributed by atoms with Crippen LogP contribution in [-0.4, -0.2) is 33.3 Å². The van der Waals surface area contributed by atoms with Crippen LogP contribution in [0.5, 0.6) is 5.75 Å². The lowest BCUT2D eigenvalue weighted by molar-refractivity contribution is 0.242. The Morgan fingerprint density at radius 2 is 1.71 bits per heavy atom. The molecular weight excluding hydrogens is 460 g/mol. The minimum Gasteiger partial charge on any atom is -0.491 e. The number of fused-ring (bicyclic) bond motifs is 3. The van der Waals surface area contributed by atoms with Crippen LogP contribution in [0.3, 0.4) is 0 Å². The van der Waals surface area contributed by atoms with Crippen molar-refractivity contribution in [2.45, 2.75) is 45.1 Å². The van der Waals surface area contributed by atoms with Crippen molar-refractivity contribution in [3.05, 3.63) is 72.1 Å². The predicted octanol–water partition coefficient (Wildman–Crippen LogP) is 5.49. The van der Waals surface area contributed by atoms with Gasteiger partial charge in [0.15, 0.2) is 5.65 Å². The molecule has 5 rings (SSSR count). The van der Waals surface area contributed by atoms with Crippen molar-refractivity contribution in [3.8, 4) is 17.0 Å². The number of ether oxygens (including phenoxy) is 1. The largest absolute Gasteiger partial charge is 0.491 e. The summed E-state index contributed by atoms with van der Waals surface area (Å²) in [5, 5.41) is 6.47. The summed E-state index contributed by atoms with van der Waals surface area (Å²) in [4.78, 5) is 4.88. The standard InChI is InChI=1S/C27H28N4O3S/c1-6-19-16-31(35(32,33)22-13-7-18(4)8-14-22)27-24(19)26-23(15-28-27)25(29-30(26)5)20-9-11-21(12-10-20)34-17(2)3/h7-17H,6H2,1-5H3. The van der Waals surface area contributed by atoms with Gasteiger partial charge in [-0.3, -0.25) is 4.68 Å².